The van der Waals surface area contributed by atoms with Gasteiger partial charge in [-0.05, 0) is 50.0 Å². The van der Waals surface area contributed by atoms with Crippen molar-refractivity contribution in [3.8, 4) is 0 Å². The molecule has 0 radical (unpaired) electrons. The van der Waals surface area contributed by atoms with Gasteiger partial charge >= 0.3 is 6.18 Å². The lowest BCUT2D eigenvalue weighted by Gasteiger charge is -2.22. The Kier molecular flexibility index (Phi) is 4.62. The summed E-state index contributed by atoms with van der Waals surface area (Å²) in [5.74, 6) is 1.46. The van der Waals surface area contributed by atoms with Gasteiger partial charge in [-0.1, -0.05) is 0 Å². The van der Waals surface area contributed by atoms with E-state index in [1.165, 1.54) is 12.5 Å². The van der Waals surface area contributed by atoms with Gasteiger partial charge in [-0.3, -0.25) is 0 Å². The number of hydrogen-bond donors (Lipinski definition) is 2. The van der Waals surface area contributed by atoms with Crippen LogP contribution in [0.1, 0.15) is 18.4 Å². The van der Waals surface area contributed by atoms with Crippen LogP contribution in [0.5, 0.6) is 0 Å². The number of nitrogens with one attached hydrogen (secondary N) is 1. The van der Waals surface area contributed by atoms with Crippen LogP contribution in [-0.4, -0.2) is 18.8 Å². The molecule has 3 N–H and O–H groups in total. The Balaban J connectivity index is 1.97. The molecule has 6 heteroatoms. The summed E-state index contributed by atoms with van der Waals surface area (Å²) >= 11 is 1.54. The van der Waals surface area contributed by atoms with Crippen LogP contribution in [-0.2, 0) is 6.18 Å². The second-order valence-electron chi connectivity index (χ2n) is 4.77. The first-order valence-electron chi connectivity index (χ1n) is 6.27. The van der Waals surface area contributed by atoms with Gasteiger partial charge < -0.3 is 11.1 Å². The molecule has 1 aliphatic heterocycles. The van der Waals surface area contributed by atoms with E-state index in [0.717, 1.165) is 42.3 Å². The lowest BCUT2D eigenvalue weighted by Crippen LogP contribution is -2.30. The van der Waals surface area contributed by atoms with Crippen LogP contribution < -0.4 is 11.1 Å². The van der Waals surface area contributed by atoms with E-state index >= 15 is 0 Å². The summed E-state index contributed by atoms with van der Waals surface area (Å²) in [7, 11) is 0. The number of benzene rings is 1. The molecule has 1 heterocycles. The van der Waals surface area contributed by atoms with Crippen LogP contribution in [0.2, 0.25) is 0 Å². The van der Waals surface area contributed by atoms with E-state index in [-0.39, 0.29) is 5.69 Å². The highest BCUT2D eigenvalue weighted by atomic mass is 32.2. The zero-order valence-electron chi connectivity index (χ0n) is 10.5. The number of hydrogen-bond acceptors (Lipinski definition) is 3. The van der Waals surface area contributed by atoms with Crippen molar-refractivity contribution in [2.75, 3.05) is 24.6 Å². The van der Waals surface area contributed by atoms with Crippen LogP contribution in [0.4, 0.5) is 18.9 Å². The third-order valence-electron chi connectivity index (χ3n) is 3.21. The van der Waals surface area contributed by atoms with Gasteiger partial charge in [-0.2, -0.15) is 13.2 Å². The van der Waals surface area contributed by atoms with Crippen molar-refractivity contribution in [1.82, 2.24) is 5.32 Å². The molecule has 2 rings (SSSR count). The first kappa shape index (κ1) is 14.5. The zero-order chi connectivity index (χ0) is 13.9. The number of alkyl halides is 3. The summed E-state index contributed by atoms with van der Waals surface area (Å²) in [5, 5.41) is 3.32. The minimum Gasteiger partial charge on any atom is -0.398 e. The van der Waals surface area contributed by atoms with Gasteiger partial charge in [-0.25, -0.2) is 0 Å². The van der Waals surface area contributed by atoms with Gasteiger partial charge in [0.15, 0.2) is 0 Å². The quantitative estimate of drug-likeness (QED) is 0.662. The molecule has 19 heavy (non-hydrogen) atoms. The Bertz CT molecular complexity index is 428. The molecule has 106 valence electrons. The summed E-state index contributed by atoms with van der Waals surface area (Å²) in [4.78, 5) is 0.735. The summed E-state index contributed by atoms with van der Waals surface area (Å²) in [6.07, 6.45) is -2.00. The number of halogens is 3. The number of thioether (sulfide) groups is 1. The van der Waals surface area contributed by atoms with Crippen molar-refractivity contribution in [1.29, 1.82) is 0 Å². The summed E-state index contributed by atoms with van der Waals surface area (Å²) in [6, 6.07) is 3.58. The molecule has 1 aromatic carbocycles. The van der Waals surface area contributed by atoms with Crippen molar-refractivity contribution < 1.29 is 13.2 Å². The van der Waals surface area contributed by atoms with Gasteiger partial charge in [0.2, 0.25) is 0 Å². The van der Waals surface area contributed by atoms with Gasteiger partial charge in [0.25, 0.3) is 0 Å². The summed E-state index contributed by atoms with van der Waals surface area (Å²) < 4.78 is 37.5. The molecule has 1 unspecified atom stereocenters. The second kappa shape index (κ2) is 6.05. The van der Waals surface area contributed by atoms with E-state index in [1.54, 1.807) is 11.8 Å². The van der Waals surface area contributed by atoms with Crippen molar-refractivity contribution in [2.24, 2.45) is 5.92 Å². The highest BCUT2D eigenvalue weighted by Crippen LogP contribution is 2.35. The summed E-state index contributed by atoms with van der Waals surface area (Å²) in [5.41, 5.74) is 5.22. The molecule has 1 aliphatic rings. The molecular weight excluding hydrogens is 273 g/mol. The fourth-order valence-electron chi connectivity index (χ4n) is 2.13. The minimum absolute atomic E-state index is 0.212. The maximum Gasteiger partial charge on any atom is 0.416 e. The highest BCUT2D eigenvalue weighted by Gasteiger charge is 2.30. The number of nitrogen functional groups attached to an aromatic ring is 1. The van der Waals surface area contributed by atoms with Gasteiger partial charge in [0, 0.05) is 16.3 Å². The Morgan fingerprint density at radius 3 is 2.74 bits per heavy atom. The molecule has 1 aromatic rings. The van der Waals surface area contributed by atoms with E-state index in [9.17, 15) is 13.2 Å². The van der Waals surface area contributed by atoms with E-state index in [4.69, 9.17) is 5.73 Å². The van der Waals surface area contributed by atoms with Gasteiger partial charge in [-0.15, -0.1) is 11.8 Å². The maximum atomic E-state index is 12.5. The standard InChI is InChI=1S/C13H17F3N2S/c14-13(15,16)10-3-4-12(11(17)6-10)19-8-9-2-1-5-18-7-9/h3-4,6,9,18H,1-2,5,7-8,17H2. The van der Waals surface area contributed by atoms with Crippen LogP contribution >= 0.6 is 11.8 Å². The number of piperidine rings is 1. The van der Waals surface area contributed by atoms with Crippen molar-refractivity contribution in [2.45, 2.75) is 23.9 Å². The van der Waals surface area contributed by atoms with Crippen LogP contribution in [0.3, 0.4) is 0 Å². The van der Waals surface area contributed by atoms with Gasteiger partial charge in [0.05, 0.1) is 5.56 Å². The number of nitrogens with two attached hydrogens (primary N) is 1. The van der Waals surface area contributed by atoms with Gasteiger partial charge in [0.1, 0.15) is 0 Å². The molecule has 0 aromatic heterocycles. The number of anilines is 1. The monoisotopic (exact) mass is 290 g/mol. The smallest absolute Gasteiger partial charge is 0.398 e. The van der Waals surface area contributed by atoms with Crippen molar-refractivity contribution >= 4 is 17.4 Å². The molecule has 0 aliphatic carbocycles. The topological polar surface area (TPSA) is 38.0 Å². The molecule has 0 spiro atoms. The Labute approximate surface area is 114 Å². The van der Waals surface area contributed by atoms with E-state index in [2.05, 4.69) is 5.32 Å². The fraction of sp³-hybridized carbons (Fsp3) is 0.538. The minimum atomic E-state index is -4.33. The average Bonchev–Trinajstić information content (AvgIpc) is 2.37. The molecule has 1 fully saturated rings. The Hall–Kier alpha value is -0.880. The highest BCUT2D eigenvalue weighted by molar-refractivity contribution is 7.99. The normalized spacial score (nSPS) is 20.5. The largest absolute Gasteiger partial charge is 0.416 e. The van der Waals surface area contributed by atoms with Crippen molar-refractivity contribution in [3.05, 3.63) is 23.8 Å². The lowest BCUT2D eigenvalue weighted by molar-refractivity contribution is -0.137. The summed E-state index contributed by atoms with van der Waals surface area (Å²) in [6.45, 7) is 2.04. The van der Waals surface area contributed by atoms with Crippen LogP contribution in [0.25, 0.3) is 0 Å². The first-order chi connectivity index (χ1) is 8.97. The SMILES string of the molecule is Nc1cc(C(F)(F)F)ccc1SCC1CCCNC1. The zero-order valence-corrected chi connectivity index (χ0v) is 11.3. The Morgan fingerprint density at radius 1 is 1.37 bits per heavy atom. The molecule has 2 nitrogen and oxygen atoms in total. The van der Waals surface area contributed by atoms with E-state index < -0.39 is 11.7 Å². The van der Waals surface area contributed by atoms with Crippen molar-refractivity contribution in [3.63, 3.8) is 0 Å². The third-order valence-corrected chi connectivity index (χ3v) is 4.53. The average molecular weight is 290 g/mol. The molecular formula is C13H17F3N2S. The predicted octanol–water partition coefficient (Wildman–Crippen LogP) is 3.38. The van der Waals surface area contributed by atoms with E-state index in [1.807, 2.05) is 0 Å². The molecule has 0 saturated carbocycles. The maximum absolute atomic E-state index is 12.5. The molecule has 0 bridgehead atoms. The van der Waals surface area contributed by atoms with Crippen LogP contribution in [0, 0.1) is 5.92 Å². The Morgan fingerprint density at radius 2 is 2.16 bits per heavy atom. The van der Waals surface area contributed by atoms with E-state index in [0.29, 0.717) is 5.92 Å². The first-order valence-corrected chi connectivity index (χ1v) is 7.25. The predicted molar refractivity (Wildman–Crippen MR) is 72.2 cm³/mol. The lowest BCUT2D eigenvalue weighted by atomic mass is 10.0. The number of rotatable bonds is 3. The molecule has 1 atom stereocenters. The fourth-order valence-corrected chi connectivity index (χ4v) is 3.22. The molecule has 1 saturated heterocycles. The van der Waals surface area contributed by atoms with Crippen LogP contribution in [0.15, 0.2) is 23.1 Å². The molecule has 0 amide bonds. The second-order valence-corrected chi connectivity index (χ2v) is 5.84. The third kappa shape index (κ3) is 4.04.